The summed E-state index contributed by atoms with van der Waals surface area (Å²) in [4.78, 5) is 23.8. The molecule has 4 aliphatic rings. The third-order valence-electron chi connectivity index (χ3n) is 11.8. The van der Waals surface area contributed by atoms with Crippen molar-refractivity contribution in [3.63, 3.8) is 0 Å². The fraction of sp³-hybridized carbons (Fsp3) is 0.886. The van der Waals surface area contributed by atoms with Gasteiger partial charge in [0.25, 0.3) is 0 Å². The van der Waals surface area contributed by atoms with E-state index in [1.807, 2.05) is 0 Å². The molecule has 0 spiro atoms. The van der Waals surface area contributed by atoms with Crippen molar-refractivity contribution in [2.24, 2.45) is 52.1 Å². The van der Waals surface area contributed by atoms with Gasteiger partial charge in [0.05, 0.1) is 0 Å². The van der Waals surface area contributed by atoms with E-state index in [0.29, 0.717) is 43.2 Å². The number of carbonyl (C=O) groups excluding carboxylic acids is 2. The molecule has 8 atom stereocenters. The predicted molar refractivity (Wildman–Crippen MR) is 183 cm³/mol. The van der Waals surface area contributed by atoms with Crippen LogP contribution in [0.5, 0.6) is 0 Å². The number of ether oxygens (including phenoxy) is 3. The molecule has 252 valence electrons. The molecule has 0 aromatic heterocycles. The summed E-state index contributed by atoms with van der Waals surface area (Å²) in [6.07, 6.45) is 15.3. The Morgan fingerprint density at radius 1 is 1.00 bits per heavy atom. The smallest absolute Gasteiger partial charge is 0.449 e. The van der Waals surface area contributed by atoms with Crippen molar-refractivity contribution < 1.29 is 23.8 Å². The summed E-state index contributed by atoms with van der Waals surface area (Å²) in [6.45, 7) is 13.9. The molecule has 3 saturated carbocycles. The molecule has 0 heterocycles. The van der Waals surface area contributed by atoms with Crippen molar-refractivity contribution in [1.29, 1.82) is 0 Å². The quantitative estimate of drug-likeness (QED) is 0.0785. The molecule has 1 amide bonds. The highest BCUT2D eigenvalue weighted by atomic mass is 33.1. The van der Waals surface area contributed by atoms with Gasteiger partial charge >= 0.3 is 12.2 Å². The van der Waals surface area contributed by atoms with Gasteiger partial charge in [0, 0.05) is 31.0 Å². The summed E-state index contributed by atoms with van der Waals surface area (Å²) < 4.78 is 16.2. The Hall–Kier alpha value is -1.06. The highest BCUT2D eigenvalue weighted by Crippen LogP contribution is 2.67. The fourth-order valence-corrected chi connectivity index (χ4v) is 11.2. The normalized spacial score (nSPS) is 33.4. The fourth-order valence-electron chi connectivity index (χ4n) is 9.59. The molecule has 0 aromatic carbocycles. The van der Waals surface area contributed by atoms with Crippen molar-refractivity contribution in [2.45, 2.75) is 111 Å². The van der Waals surface area contributed by atoms with Crippen LogP contribution in [0, 0.1) is 46.3 Å². The van der Waals surface area contributed by atoms with Gasteiger partial charge < -0.3 is 25.3 Å². The minimum Gasteiger partial charge on any atom is -0.449 e. The molecular formula is C35H60N2O5S2. The minimum atomic E-state index is -0.550. The Morgan fingerprint density at radius 2 is 1.75 bits per heavy atom. The molecule has 0 radical (unpaired) electrons. The van der Waals surface area contributed by atoms with Crippen LogP contribution in [0.1, 0.15) is 105 Å². The summed E-state index contributed by atoms with van der Waals surface area (Å²) in [5.74, 6) is 6.32. The third-order valence-corrected chi connectivity index (χ3v) is 14.1. The summed E-state index contributed by atoms with van der Waals surface area (Å²) in [5.41, 5.74) is 7.64. The van der Waals surface area contributed by atoms with Crippen molar-refractivity contribution in [3.8, 4) is 0 Å². The van der Waals surface area contributed by atoms with Gasteiger partial charge in [0.1, 0.15) is 19.3 Å². The lowest BCUT2D eigenvalue weighted by Crippen LogP contribution is -2.51. The molecule has 0 bridgehead atoms. The first-order valence-corrected chi connectivity index (χ1v) is 19.9. The number of allylic oxidation sites excluding steroid dienone is 1. The summed E-state index contributed by atoms with van der Waals surface area (Å²) in [6, 6.07) is 0. The molecular weight excluding hydrogens is 593 g/mol. The van der Waals surface area contributed by atoms with Crippen LogP contribution < -0.4 is 11.1 Å². The molecule has 9 heteroatoms. The number of alkyl carbamates (subject to hydrolysis) is 1. The zero-order chi connectivity index (χ0) is 31.7. The average molecular weight is 653 g/mol. The zero-order valence-electron chi connectivity index (χ0n) is 28.1. The number of hydrogen-bond acceptors (Lipinski definition) is 8. The van der Waals surface area contributed by atoms with Gasteiger partial charge in [-0.15, -0.1) is 0 Å². The molecule has 7 nitrogen and oxygen atoms in total. The monoisotopic (exact) mass is 652 g/mol. The molecule has 4 rings (SSSR count). The van der Waals surface area contributed by atoms with Crippen molar-refractivity contribution in [1.82, 2.24) is 5.32 Å². The Balaban J connectivity index is 1.18. The average Bonchev–Trinajstić information content (AvgIpc) is 3.34. The molecule has 0 aromatic rings. The summed E-state index contributed by atoms with van der Waals surface area (Å²) >= 11 is 0. The number of amides is 1. The molecule has 0 saturated heterocycles. The van der Waals surface area contributed by atoms with E-state index in [4.69, 9.17) is 19.9 Å². The van der Waals surface area contributed by atoms with Gasteiger partial charge in [0.2, 0.25) is 0 Å². The van der Waals surface area contributed by atoms with Crippen molar-refractivity contribution in [2.75, 3.05) is 37.8 Å². The van der Waals surface area contributed by atoms with Crippen LogP contribution in [0.25, 0.3) is 0 Å². The summed E-state index contributed by atoms with van der Waals surface area (Å²) in [7, 11) is 3.18. The lowest BCUT2D eigenvalue weighted by molar-refractivity contribution is -0.0614. The number of fused-ring (bicyclic) bond motifs is 5. The lowest BCUT2D eigenvalue weighted by Gasteiger charge is -2.58. The number of rotatable bonds is 15. The Kier molecular flexibility index (Phi) is 13.6. The second-order valence-corrected chi connectivity index (χ2v) is 17.6. The van der Waals surface area contributed by atoms with E-state index in [1.165, 1.54) is 56.9 Å². The Morgan fingerprint density at radius 3 is 2.48 bits per heavy atom. The Bertz CT molecular complexity index is 979. The number of nitrogens with one attached hydrogen (secondary N) is 1. The second kappa shape index (κ2) is 16.7. The van der Waals surface area contributed by atoms with Gasteiger partial charge in [-0.05, 0) is 91.3 Å². The Labute approximate surface area is 275 Å². The van der Waals surface area contributed by atoms with Crippen LogP contribution in [-0.2, 0) is 14.2 Å². The van der Waals surface area contributed by atoms with Gasteiger partial charge in [-0.3, -0.25) is 0 Å². The van der Waals surface area contributed by atoms with E-state index in [-0.39, 0.29) is 11.5 Å². The van der Waals surface area contributed by atoms with Crippen molar-refractivity contribution >= 4 is 33.8 Å². The lowest BCUT2D eigenvalue weighted by atomic mass is 9.47. The number of carbonyl (C=O) groups is 2. The van der Waals surface area contributed by atoms with Gasteiger partial charge in [-0.1, -0.05) is 87.1 Å². The highest BCUT2D eigenvalue weighted by molar-refractivity contribution is 8.76. The van der Waals surface area contributed by atoms with E-state index in [1.54, 1.807) is 21.6 Å². The summed E-state index contributed by atoms with van der Waals surface area (Å²) in [5, 5.41) is 2.56. The second-order valence-electron chi connectivity index (χ2n) is 14.9. The van der Waals surface area contributed by atoms with E-state index in [9.17, 15) is 9.59 Å². The van der Waals surface area contributed by atoms with Gasteiger partial charge in [-0.2, -0.15) is 0 Å². The highest BCUT2D eigenvalue weighted by Gasteiger charge is 2.59. The molecule has 8 unspecified atom stereocenters. The first kappa shape index (κ1) is 35.8. The van der Waals surface area contributed by atoms with E-state index >= 15 is 0 Å². The molecule has 3 fully saturated rings. The first-order valence-electron chi connectivity index (χ1n) is 17.5. The third kappa shape index (κ3) is 8.84. The maximum atomic E-state index is 12.5. The molecule has 0 aliphatic heterocycles. The van der Waals surface area contributed by atoms with Crippen LogP contribution >= 0.6 is 21.6 Å². The SMILES string of the molecule is CC(C)CCCC(C)C1CCC2C3CC=C4CC(OC(=O)OCCSSCCOC(=O)NCCN)CCC4(C)C3CCC12C. The van der Waals surface area contributed by atoms with Gasteiger partial charge in [-0.25, -0.2) is 9.59 Å². The molecule has 4 aliphatic carbocycles. The standard InChI is InChI=1S/C35H60N2O5S2/c1-24(2)7-6-8-25(3)29-11-12-30-28-10-9-26-23-27(13-15-34(26,4)31(28)14-16-35(29,30)5)42-33(39)41-20-22-44-43-21-19-40-32(38)37-18-17-36/h9,24-25,27-31H,6-8,10-23,36H2,1-5H3,(H,37,38). The molecule has 3 N–H and O–H groups in total. The number of hydrogen-bond donors (Lipinski definition) is 2. The maximum Gasteiger partial charge on any atom is 0.508 e. The largest absolute Gasteiger partial charge is 0.508 e. The van der Waals surface area contributed by atoms with Crippen molar-refractivity contribution in [3.05, 3.63) is 11.6 Å². The van der Waals surface area contributed by atoms with Crippen LogP contribution in [0.4, 0.5) is 9.59 Å². The van der Waals surface area contributed by atoms with E-state index in [0.717, 1.165) is 54.8 Å². The first-order chi connectivity index (χ1) is 21.1. The topological polar surface area (TPSA) is 99.9 Å². The van der Waals surface area contributed by atoms with Gasteiger partial charge in [0.15, 0.2) is 0 Å². The number of nitrogens with two attached hydrogens (primary N) is 1. The van der Waals surface area contributed by atoms with Crippen LogP contribution in [0.15, 0.2) is 11.6 Å². The minimum absolute atomic E-state index is 0.0839. The van der Waals surface area contributed by atoms with Crippen LogP contribution in [0.2, 0.25) is 0 Å². The zero-order valence-corrected chi connectivity index (χ0v) is 29.7. The maximum absolute atomic E-state index is 12.5. The molecule has 44 heavy (non-hydrogen) atoms. The van der Waals surface area contributed by atoms with E-state index < -0.39 is 12.2 Å². The predicted octanol–water partition coefficient (Wildman–Crippen LogP) is 8.62. The van der Waals surface area contributed by atoms with Crippen LogP contribution in [-0.4, -0.2) is 56.2 Å². The van der Waals surface area contributed by atoms with E-state index in [2.05, 4.69) is 46.0 Å². The van der Waals surface area contributed by atoms with Crippen LogP contribution in [0.3, 0.4) is 0 Å².